The van der Waals surface area contributed by atoms with Crippen LogP contribution in [0.2, 0.25) is 0 Å². The van der Waals surface area contributed by atoms with Gasteiger partial charge in [-0.25, -0.2) is 0 Å². The van der Waals surface area contributed by atoms with E-state index in [1.807, 2.05) is 0 Å². The first-order chi connectivity index (χ1) is 9.43. The molecule has 0 bridgehead atoms. The van der Waals surface area contributed by atoms with Crippen LogP contribution in [0.3, 0.4) is 0 Å². The Hall–Kier alpha value is -0.0800. The molecule has 2 aliphatic carbocycles. The van der Waals surface area contributed by atoms with Crippen molar-refractivity contribution in [1.82, 2.24) is 10.2 Å². The van der Waals surface area contributed by atoms with Crippen molar-refractivity contribution in [1.29, 1.82) is 0 Å². The minimum Gasteiger partial charge on any atom is -0.312 e. The summed E-state index contributed by atoms with van der Waals surface area (Å²) < 4.78 is 0. The summed E-state index contributed by atoms with van der Waals surface area (Å²) in [7, 11) is 2.39. The first-order valence-corrected chi connectivity index (χ1v) is 8.88. The van der Waals surface area contributed by atoms with Crippen LogP contribution in [0.5, 0.6) is 0 Å². The second-order valence-corrected chi connectivity index (χ2v) is 8.25. The molecule has 2 fully saturated rings. The molecule has 2 heteroatoms. The maximum atomic E-state index is 3.84. The third kappa shape index (κ3) is 3.76. The van der Waals surface area contributed by atoms with E-state index >= 15 is 0 Å². The third-order valence-corrected chi connectivity index (χ3v) is 5.87. The fourth-order valence-electron chi connectivity index (χ4n) is 4.02. The predicted molar refractivity (Wildman–Crippen MR) is 88.1 cm³/mol. The van der Waals surface area contributed by atoms with E-state index in [4.69, 9.17) is 0 Å². The van der Waals surface area contributed by atoms with Gasteiger partial charge in [0.1, 0.15) is 0 Å². The van der Waals surface area contributed by atoms with E-state index in [9.17, 15) is 0 Å². The molecule has 2 rings (SSSR count). The average molecular weight is 281 g/mol. The zero-order chi connectivity index (χ0) is 14.8. The molecule has 20 heavy (non-hydrogen) atoms. The SMILES string of the molecule is CCCNC1CCC(C(C)(C)C)CC1N(C)C1CCC1. The lowest BCUT2D eigenvalue weighted by atomic mass is 9.69. The monoisotopic (exact) mass is 280 g/mol. The number of hydrogen-bond acceptors (Lipinski definition) is 2. The molecule has 0 heterocycles. The second kappa shape index (κ2) is 6.79. The number of nitrogens with one attached hydrogen (secondary N) is 1. The molecule has 3 atom stereocenters. The van der Waals surface area contributed by atoms with Gasteiger partial charge in [-0.1, -0.05) is 34.1 Å². The van der Waals surface area contributed by atoms with Crippen molar-refractivity contribution in [2.24, 2.45) is 11.3 Å². The fourth-order valence-corrected chi connectivity index (χ4v) is 4.02. The summed E-state index contributed by atoms with van der Waals surface area (Å²) in [6.07, 6.45) is 9.69. The Morgan fingerprint density at radius 1 is 1.10 bits per heavy atom. The zero-order valence-corrected chi connectivity index (χ0v) is 14.4. The third-order valence-electron chi connectivity index (χ3n) is 5.87. The molecule has 1 N–H and O–H groups in total. The van der Waals surface area contributed by atoms with Crippen LogP contribution in [0.15, 0.2) is 0 Å². The van der Waals surface area contributed by atoms with E-state index in [0.717, 1.165) is 24.0 Å². The van der Waals surface area contributed by atoms with Gasteiger partial charge in [-0.05, 0) is 63.5 Å². The van der Waals surface area contributed by atoms with Crippen LogP contribution in [0.1, 0.15) is 72.6 Å². The number of hydrogen-bond donors (Lipinski definition) is 1. The van der Waals surface area contributed by atoms with Crippen LogP contribution in [0.4, 0.5) is 0 Å². The molecule has 2 nitrogen and oxygen atoms in total. The standard InChI is InChI=1S/C18H36N2/c1-6-12-19-16-11-10-14(18(2,3)4)13-17(16)20(5)15-8-7-9-15/h14-17,19H,6-13H2,1-5H3. The molecule has 2 saturated carbocycles. The Kier molecular flexibility index (Phi) is 5.53. The largest absolute Gasteiger partial charge is 0.312 e. The number of likely N-dealkylation sites (N-methyl/N-ethyl adjacent to an activating group) is 1. The number of rotatable bonds is 5. The van der Waals surface area contributed by atoms with Gasteiger partial charge in [-0.2, -0.15) is 0 Å². The van der Waals surface area contributed by atoms with Gasteiger partial charge < -0.3 is 5.32 Å². The molecule has 0 amide bonds. The first-order valence-electron chi connectivity index (χ1n) is 8.88. The Morgan fingerprint density at radius 3 is 2.30 bits per heavy atom. The van der Waals surface area contributed by atoms with Gasteiger partial charge >= 0.3 is 0 Å². The highest BCUT2D eigenvalue weighted by atomic mass is 15.2. The van der Waals surface area contributed by atoms with Crippen molar-refractivity contribution in [2.75, 3.05) is 13.6 Å². The van der Waals surface area contributed by atoms with Crippen LogP contribution in [0, 0.1) is 11.3 Å². The predicted octanol–water partition coefficient (Wildman–Crippen LogP) is 4.05. The maximum Gasteiger partial charge on any atom is 0.0252 e. The fraction of sp³-hybridized carbons (Fsp3) is 1.00. The minimum atomic E-state index is 0.467. The highest BCUT2D eigenvalue weighted by Gasteiger charge is 2.39. The summed E-state index contributed by atoms with van der Waals surface area (Å²) in [5.74, 6) is 0.884. The molecule has 2 aliphatic rings. The summed E-state index contributed by atoms with van der Waals surface area (Å²) >= 11 is 0. The van der Waals surface area contributed by atoms with E-state index < -0.39 is 0 Å². The van der Waals surface area contributed by atoms with Gasteiger partial charge in [0.05, 0.1) is 0 Å². The van der Waals surface area contributed by atoms with Gasteiger partial charge in [0.15, 0.2) is 0 Å². The summed E-state index contributed by atoms with van der Waals surface area (Å²) in [6.45, 7) is 10.7. The molecule has 0 aromatic heterocycles. The van der Waals surface area contributed by atoms with Crippen LogP contribution in [0.25, 0.3) is 0 Å². The lowest BCUT2D eigenvalue weighted by Gasteiger charge is -2.49. The summed E-state index contributed by atoms with van der Waals surface area (Å²) in [5.41, 5.74) is 0.467. The molecule has 0 spiro atoms. The highest BCUT2D eigenvalue weighted by Crippen LogP contribution is 2.40. The van der Waals surface area contributed by atoms with Crippen LogP contribution >= 0.6 is 0 Å². The van der Waals surface area contributed by atoms with Crippen molar-refractivity contribution >= 4 is 0 Å². The summed E-state index contributed by atoms with van der Waals surface area (Å²) in [4.78, 5) is 2.73. The van der Waals surface area contributed by atoms with E-state index in [0.29, 0.717) is 5.41 Å². The highest BCUT2D eigenvalue weighted by molar-refractivity contribution is 4.96. The van der Waals surface area contributed by atoms with E-state index in [-0.39, 0.29) is 0 Å². The van der Waals surface area contributed by atoms with Gasteiger partial charge in [-0.3, -0.25) is 4.90 Å². The lowest BCUT2D eigenvalue weighted by molar-refractivity contribution is 0.0272. The van der Waals surface area contributed by atoms with Crippen LogP contribution in [-0.4, -0.2) is 36.6 Å². The smallest absolute Gasteiger partial charge is 0.0252 e. The normalized spacial score (nSPS) is 32.4. The van der Waals surface area contributed by atoms with Crippen LogP contribution in [-0.2, 0) is 0 Å². The topological polar surface area (TPSA) is 15.3 Å². The van der Waals surface area contributed by atoms with Gasteiger partial charge in [0.2, 0.25) is 0 Å². The molecule has 0 aromatic carbocycles. The molecule has 0 radical (unpaired) electrons. The Balaban J connectivity index is 2.01. The van der Waals surface area contributed by atoms with Crippen LogP contribution < -0.4 is 5.32 Å². The molecule has 0 saturated heterocycles. The number of nitrogens with zero attached hydrogens (tertiary/aromatic N) is 1. The van der Waals surface area contributed by atoms with Crippen molar-refractivity contribution in [3.63, 3.8) is 0 Å². The molecule has 3 unspecified atom stereocenters. The van der Waals surface area contributed by atoms with Gasteiger partial charge in [0, 0.05) is 18.1 Å². The quantitative estimate of drug-likeness (QED) is 0.817. The molecular formula is C18H36N2. The zero-order valence-electron chi connectivity index (χ0n) is 14.4. The van der Waals surface area contributed by atoms with Gasteiger partial charge in [0.25, 0.3) is 0 Å². The van der Waals surface area contributed by atoms with Crippen molar-refractivity contribution in [3.05, 3.63) is 0 Å². The molecule has 0 aliphatic heterocycles. The van der Waals surface area contributed by atoms with E-state index in [1.165, 1.54) is 51.5 Å². The molecular weight excluding hydrogens is 244 g/mol. The van der Waals surface area contributed by atoms with Gasteiger partial charge in [-0.15, -0.1) is 0 Å². The van der Waals surface area contributed by atoms with Crippen molar-refractivity contribution < 1.29 is 0 Å². The first kappa shape index (κ1) is 16.3. The lowest BCUT2D eigenvalue weighted by Crippen LogP contribution is -2.57. The summed E-state index contributed by atoms with van der Waals surface area (Å²) in [5, 5.41) is 3.84. The Bertz CT molecular complexity index is 290. The summed E-state index contributed by atoms with van der Waals surface area (Å²) in [6, 6.07) is 2.34. The Labute approximate surface area is 126 Å². The minimum absolute atomic E-state index is 0.467. The van der Waals surface area contributed by atoms with Crippen molar-refractivity contribution in [3.8, 4) is 0 Å². The average Bonchev–Trinajstić information content (AvgIpc) is 2.32. The van der Waals surface area contributed by atoms with E-state index in [1.54, 1.807) is 0 Å². The van der Waals surface area contributed by atoms with Crippen molar-refractivity contribution in [2.45, 2.75) is 90.8 Å². The maximum absolute atomic E-state index is 3.84. The molecule has 0 aromatic rings. The second-order valence-electron chi connectivity index (χ2n) is 8.25. The van der Waals surface area contributed by atoms with E-state index in [2.05, 4.69) is 45.0 Å². The molecule has 118 valence electrons. The Morgan fingerprint density at radius 2 is 1.80 bits per heavy atom.